The van der Waals surface area contributed by atoms with E-state index in [0.29, 0.717) is 0 Å². The molecule has 0 bridgehead atoms. The van der Waals surface area contributed by atoms with E-state index in [1.54, 1.807) is 0 Å². The largest absolute Gasteiger partial charge is 6.00 e. The van der Waals surface area contributed by atoms with Gasteiger partial charge in [0.05, 0.1) is 0 Å². The van der Waals surface area contributed by atoms with Crippen molar-refractivity contribution in [2.45, 2.75) is 0 Å². The summed E-state index contributed by atoms with van der Waals surface area (Å²) in [7, 11) is 0. The zero-order valence-corrected chi connectivity index (χ0v) is 22.0. The maximum absolute atomic E-state index is 0. The first-order valence-electron chi connectivity index (χ1n) is 0. The molecule has 0 aromatic heterocycles. The summed E-state index contributed by atoms with van der Waals surface area (Å²) in [4.78, 5) is 0. The Balaban J connectivity index is 0. The van der Waals surface area contributed by atoms with Gasteiger partial charge in [-0.2, -0.15) is 0 Å². The molecule has 0 aliphatic carbocycles. The van der Waals surface area contributed by atoms with Gasteiger partial charge >= 0.3 is 79.2 Å². The van der Waals surface area contributed by atoms with E-state index in [1.165, 1.54) is 0 Å². The van der Waals surface area contributed by atoms with Crippen LogP contribution in [0.25, 0.3) is 0 Å². The van der Waals surface area contributed by atoms with E-state index in [0.717, 1.165) is 0 Å². The van der Waals surface area contributed by atoms with Gasteiger partial charge in [-0.3, -0.25) is 0 Å². The molecular weight excluding hydrogens is 647 g/mol. The molecule has 0 fully saturated rings. The fraction of sp³-hybridized carbons (Fsp3) is 0. The predicted octanol–water partition coefficient (Wildman–Crippen LogP) is -0.0364. The Morgan fingerprint density at radius 1 is 0.200 bits per heavy atom. The molecule has 0 aromatic rings. The summed E-state index contributed by atoms with van der Waals surface area (Å²) in [6.07, 6.45) is 0. The van der Waals surface area contributed by atoms with Gasteiger partial charge in [-0.1, -0.05) is 0 Å². The van der Waals surface area contributed by atoms with Gasteiger partial charge in [0.25, 0.3) is 0 Å². The van der Waals surface area contributed by atoms with Crippen LogP contribution in [-0.2, 0) is 228 Å². The van der Waals surface area contributed by atoms with Crippen molar-refractivity contribution in [2.75, 3.05) is 0 Å². The van der Waals surface area contributed by atoms with E-state index >= 15 is 0 Å². The molecule has 15 heteroatoms. The smallest absolute Gasteiger partial charge is 2.00 e. The van der Waals surface area contributed by atoms with Crippen molar-refractivity contribution in [1.82, 2.24) is 0 Å². The standard InChI is InChI=1S/2Mo.11S.2V/q2*+6;11*-2;2*+5. The molecule has 0 amide bonds. The topological polar surface area (TPSA) is 0 Å². The van der Waals surface area contributed by atoms with Crippen molar-refractivity contribution < 1.29 is 79.2 Å². The molecule has 88 valence electrons. The molecule has 0 aliphatic heterocycles. The second kappa shape index (κ2) is 188. The van der Waals surface area contributed by atoms with Crippen molar-refractivity contribution >= 4 is 148 Å². The van der Waals surface area contributed by atoms with E-state index in [-0.39, 0.29) is 228 Å². The van der Waals surface area contributed by atoms with E-state index in [1.807, 2.05) is 0 Å². The minimum atomic E-state index is 0. The van der Waals surface area contributed by atoms with Crippen LogP contribution in [0.1, 0.15) is 0 Å². The van der Waals surface area contributed by atoms with Crippen LogP contribution in [0.3, 0.4) is 0 Å². The third kappa shape index (κ3) is 169. The fourth-order valence-electron chi connectivity index (χ4n) is 0. The molecule has 0 heterocycles. The van der Waals surface area contributed by atoms with Crippen LogP contribution < -0.4 is 0 Å². The Hall–Kier alpha value is 6.40. The zero-order valence-electron chi connectivity index (χ0n) is 6.20. The van der Waals surface area contributed by atoms with Gasteiger partial charge in [-0.15, -0.1) is 0 Å². The first-order chi connectivity index (χ1) is 0. The van der Waals surface area contributed by atoms with E-state index in [2.05, 4.69) is 0 Å². The summed E-state index contributed by atoms with van der Waals surface area (Å²) in [6.45, 7) is 0. The van der Waals surface area contributed by atoms with Crippen molar-refractivity contribution in [1.29, 1.82) is 0 Å². The molecule has 0 nitrogen and oxygen atoms in total. The van der Waals surface area contributed by atoms with Crippen LogP contribution >= 0.6 is 0 Å². The minimum absolute atomic E-state index is 0. The molecule has 0 rings (SSSR count). The third-order valence-corrected chi connectivity index (χ3v) is 0. The fourth-order valence-corrected chi connectivity index (χ4v) is 0. The summed E-state index contributed by atoms with van der Waals surface area (Å²) in [5.41, 5.74) is 0. The maximum atomic E-state index is 0. The maximum Gasteiger partial charge on any atom is 6.00 e. The average molecular weight is 647 g/mol. The van der Waals surface area contributed by atoms with Crippen molar-refractivity contribution in [2.24, 2.45) is 0 Å². The molecule has 0 aromatic carbocycles. The van der Waals surface area contributed by atoms with Crippen molar-refractivity contribution in [3.05, 3.63) is 0 Å². The number of hydrogen-bond acceptors (Lipinski definition) is 0. The Labute approximate surface area is 223 Å². The number of rotatable bonds is 0. The zero-order chi connectivity index (χ0) is 0. The third-order valence-electron chi connectivity index (χ3n) is 0. The predicted molar refractivity (Wildman–Crippen MR) is 81.0 cm³/mol. The van der Waals surface area contributed by atoms with Crippen LogP contribution in [0.15, 0.2) is 0 Å². The Morgan fingerprint density at radius 2 is 0.200 bits per heavy atom. The minimum Gasteiger partial charge on any atom is -2.00 e. The molecule has 15 heavy (non-hydrogen) atoms. The molecule has 0 saturated heterocycles. The van der Waals surface area contributed by atoms with Crippen molar-refractivity contribution in [3.8, 4) is 0 Å². The molecule has 0 aliphatic rings. The normalized spacial score (nSPS) is 0. The van der Waals surface area contributed by atoms with Gasteiger partial charge in [0.15, 0.2) is 0 Å². The Bertz CT molecular complexity index is 16.5. The summed E-state index contributed by atoms with van der Waals surface area (Å²) < 4.78 is 0. The summed E-state index contributed by atoms with van der Waals surface area (Å²) >= 11 is 0. The summed E-state index contributed by atoms with van der Waals surface area (Å²) in [5, 5.41) is 0. The second-order valence-corrected chi connectivity index (χ2v) is 0. The Morgan fingerprint density at radius 3 is 0.200 bits per heavy atom. The van der Waals surface area contributed by atoms with Gasteiger partial charge in [-0.05, 0) is 0 Å². The van der Waals surface area contributed by atoms with Gasteiger partial charge in [0.1, 0.15) is 0 Å². The van der Waals surface area contributed by atoms with Gasteiger partial charge in [-0.25, -0.2) is 0 Å². The average Bonchev–Trinajstić information content (AvgIpc) is 0. The number of hydrogen-bond donors (Lipinski definition) is 0. The van der Waals surface area contributed by atoms with Crippen LogP contribution in [0, 0.1) is 0 Å². The summed E-state index contributed by atoms with van der Waals surface area (Å²) in [6, 6.07) is 0. The van der Waals surface area contributed by atoms with E-state index in [9.17, 15) is 0 Å². The molecular formula is Mo2S11V2. The molecule has 0 N–H and O–H groups in total. The first-order valence-corrected chi connectivity index (χ1v) is 0. The Kier molecular flexibility index (Phi) is 2720. The van der Waals surface area contributed by atoms with Gasteiger partial charge < -0.3 is 148 Å². The molecule has 0 unspecified atom stereocenters. The molecule has 0 spiro atoms. The monoisotopic (exact) mass is 649 g/mol. The molecule has 0 radical (unpaired) electrons. The summed E-state index contributed by atoms with van der Waals surface area (Å²) in [5.74, 6) is 0. The van der Waals surface area contributed by atoms with Gasteiger partial charge in [0.2, 0.25) is 0 Å². The van der Waals surface area contributed by atoms with Crippen molar-refractivity contribution in [3.63, 3.8) is 0 Å². The van der Waals surface area contributed by atoms with Crippen LogP contribution in [0.4, 0.5) is 0 Å². The van der Waals surface area contributed by atoms with E-state index < -0.39 is 0 Å². The van der Waals surface area contributed by atoms with Gasteiger partial charge in [0, 0.05) is 0 Å². The first kappa shape index (κ1) is 218. The molecule has 0 atom stereocenters. The quantitative estimate of drug-likeness (QED) is 0.325. The van der Waals surface area contributed by atoms with Crippen LogP contribution in [0.5, 0.6) is 0 Å². The van der Waals surface area contributed by atoms with Crippen LogP contribution in [-0.4, -0.2) is 0 Å². The van der Waals surface area contributed by atoms with Crippen LogP contribution in [0.2, 0.25) is 0 Å². The van der Waals surface area contributed by atoms with E-state index in [4.69, 9.17) is 0 Å². The second-order valence-electron chi connectivity index (χ2n) is 0. The molecule has 0 saturated carbocycles. The SMILES string of the molecule is [Mo+6].[Mo+6].[S-2].[S-2].[S-2].[S-2].[S-2].[S-2].[S-2].[S-2].[S-2].[S-2].[S-2].[V+5].[V+5].